The lowest BCUT2D eigenvalue weighted by atomic mass is 9.85. The molecule has 4 aromatic rings. The maximum Gasteiger partial charge on any atom is 0.341 e. The summed E-state index contributed by atoms with van der Waals surface area (Å²) in [5.41, 5.74) is 16.2. The number of hydrogen-bond donors (Lipinski definition) is 8. The number of hydrogen-bond acceptors (Lipinski definition) is 12. The van der Waals surface area contributed by atoms with Crippen LogP contribution in [0, 0.1) is 0 Å². The Kier molecular flexibility index (Phi) is 25.8. The molecule has 0 bridgehead atoms. The standard InChI is InChI=1S/C52H70Cl4N12O10S2/c1-67-31-43(41-27-37(53)29-47(55)45(41)33-67)35-7-5-9-39(25-35)79(71,72)63-15-19-77-23-21-75-17-13-61-51(65-49(57)69)59-11-3-4-12-60-52(66-50(58)70)62-14-18-76-22-24-78-20-16-64-80(73,74)40-10-6-8-36(26-40)44-32-68(2)34-46-42(44)28-38(54)30-48(46)56/h5-10,25-30,43-44,63-64H,3-4,11-24,31-34H2,1-2H3,(H4,57,59,61,65,69)(H4,58,60,62,66,70)/t43-,44-/m1/s1. The van der Waals surface area contributed by atoms with Gasteiger partial charge in [0.25, 0.3) is 0 Å². The van der Waals surface area contributed by atoms with Crippen molar-refractivity contribution in [3.63, 3.8) is 0 Å². The Morgan fingerprint density at radius 3 is 1.27 bits per heavy atom. The number of benzene rings is 4. The van der Waals surface area contributed by atoms with Crippen LogP contribution in [-0.4, -0.2) is 170 Å². The number of aliphatic imine (C=N–C) groups is 2. The molecule has 2 atom stereocenters. The summed E-state index contributed by atoms with van der Waals surface area (Å²) in [5.74, 6) is 0.122. The number of guanidine groups is 2. The fraction of sp³-hybridized carbons (Fsp3) is 0.462. The topological polar surface area (TPSA) is 295 Å². The van der Waals surface area contributed by atoms with Gasteiger partial charge in [-0.3, -0.25) is 0 Å². The van der Waals surface area contributed by atoms with Gasteiger partial charge >= 0.3 is 12.1 Å². The lowest BCUT2D eigenvalue weighted by Crippen LogP contribution is -2.41. The van der Waals surface area contributed by atoms with E-state index in [2.05, 4.69) is 50.5 Å². The summed E-state index contributed by atoms with van der Waals surface area (Å²) < 4.78 is 80.4. The zero-order chi connectivity index (χ0) is 57.7. The highest BCUT2D eigenvalue weighted by atomic mass is 35.5. The summed E-state index contributed by atoms with van der Waals surface area (Å²) in [7, 11) is -3.66. The molecule has 80 heavy (non-hydrogen) atoms. The molecule has 0 saturated carbocycles. The largest absolute Gasteiger partial charge is 0.378 e. The third-order valence-corrected chi connectivity index (χ3v) is 16.7. The molecule has 0 unspecified atom stereocenters. The van der Waals surface area contributed by atoms with Gasteiger partial charge < -0.3 is 61.5 Å². The number of halogens is 4. The van der Waals surface area contributed by atoms with E-state index in [1.165, 1.54) is 0 Å². The van der Waals surface area contributed by atoms with Gasteiger partial charge in [-0.1, -0.05) is 70.7 Å². The molecule has 0 saturated heterocycles. The van der Waals surface area contributed by atoms with Crippen LogP contribution < -0.4 is 42.2 Å². The van der Waals surface area contributed by atoms with Crippen molar-refractivity contribution in [3.05, 3.63) is 126 Å². The van der Waals surface area contributed by atoms with Crippen LogP contribution in [-0.2, 0) is 52.1 Å². The van der Waals surface area contributed by atoms with E-state index in [1.807, 2.05) is 38.4 Å². The first-order chi connectivity index (χ1) is 38.3. The number of ether oxygens (including phenoxy) is 4. The second kappa shape index (κ2) is 32.1. The molecule has 0 radical (unpaired) electrons. The summed E-state index contributed by atoms with van der Waals surface area (Å²) in [6, 6.07) is 19.2. The molecule has 2 aliphatic heterocycles. The van der Waals surface area contributed by atoms with E-state index < -0.39 is 32.1 Å². The van der Waals surface area contributed by atoms with Crippen LogP contribution in [0.2, 0.25) is 20.1 Å². The van der Waals surface area contributed by atoms with Crippen molar-refractivity contribution in [1.82, 2.24) is 40.5 Å². The van der Waals surface area contributed by atoms with Crippen LogP contribution in [0.5, 0.6) is 0 Å². The Hall–Kier alpha value is -4.90. The molecule has 2 aliphatic rings. The fourth-order valence-electron chi connectivity index (χ4n) is 9.02. The van der Waals surface area contributed by atoms with Gasteiger partial charge in [0.2, 0.25) is 32.0 Å². The van der Waals surface area contributed by atoms with Gasteiger partial charge in [0, 0.05) is 97.4 Å². The third kappa shape index (κ3) is 20.5. The lowest BCUT2D eigenvalue weighted by Gasteiger charge is -2.33. The summed E-state index contributed by atoms with van der Waals surface area (Å²) in [6.07, 6.45) is 1.26. The van der Waals surface area contributed by atoms with E-state index in [1.54, 1.807) is 48.5 Å². The zero-order valence-electron chi connectivity index (χ0n) is 44.6. The highest BCUT2D eigenvalue weighted by Gasteiger charge is 2.30. The van der Waals surface area contributed by atoms with E-state index in [9.17, 15) is 26.4 Å². The van der Waals surface area contributed by atoms with Crippen molar-refractivity contribution in [2.45, 2.75) is 47.6 Å². The Labute approximate surface area is 488 Å². The number of nitrogens with zero attached hydrogens (tertiary/aromatic N) is 4. The number of sulfonamides is 2. The minimum atomic E-state index is -3.83. The number of rotatable bonds is 29. The molecule has 22 nitrogen and oxygen atoms in total. The molecule has 0 aromatic heterocycles. The molecule has 28 heteroatoms. The van der Waals surface area contributed by atoms with Crippen molar-refractivity contribution in [2.75, 3.05) is 119 Å². The Morgan fingerprint density at radius 2 is 0.900 bits per heavy atom. The van der Waals surface area contributed by atoms with Gasteiger partial charge in [-0.15, -0.1) is 0 Å². The van der Waals surface area contributed by atoms with Crippen LogP contribution in [0.15, 0.2) is 92.6 Å². The Bertz CT molecular complexity index is 2820. The third-order valence-electron chi connectivity index (χ3n) is 12.7. The molecular weight excluding hydrogens is 1160 g/mol. The summed E-state index contributed by atoms with van der Waals surface area (Å²) in [6.45, 7) is 5.89. The molecule has 0 spiro atoms. The first kappa shape index (κ1) is 64.3. The normalized spacial score (nSPS) is 16.2. The molecule has 0 fully saturated rings. The first-order valence-electron chi connectivity index (χ1n) is 25.8. The number of carbonyl (C=O) groups is 2. The van der Waals surface area contributed by atoms with E-state index in [4.69, 9.17) is 76.8 Å². The Morgan fingerprint density at radius 1 is 0.537 bits per heavy atom. The van der Waals surface area contributed by atoms with Crippen LogP contribution in [0.1, 0.15) is 58.1 Å². The smallest absolute Gasteiger partial charge is 0.341 e. The first-order valence-corrected chi connectivity index (χ1v) is 30.3. The second-order valence-electron chi connectivity index (χ2n) is 18.8. The van der Waals surface area contributed by atoms with Crippen LogP contribution in [0.25, 0.3) is 0 Å². The summed E-state index contributed by atoms with van der Waals surface area (Å²) >= 11 is 25.7. The molecule has 438 valence electrons. The zero-order valence-corrected chi connectivity index (χ0v) is 49.2. The van der Waals surface area contributed by atoms with Gasteiger partial charge in [-0.05, 0) is 109 Å². The van der Waals surface area contributed by atoms with E-state index in [-0.39, 0.29) is 99.5 Å². The van der Waals surface area contributed by atoms with Crippen LogP contribution in [0.4, 0.5) is 9.59 Å². The average molecular weight is 1230 g/mol. The lowest BCUT2D eigenvalue weighted by molar-refractivity contribution is 0.0520. The maximum absolute atomic E-state index is 13.2. The van der Waals surface area contributed by atoms with E-state index in [0.717, 1.165) is 33.4 Å². The molecular formula is C52H70Cl4N12O10S2. The molecule has 10 N–H and O–H groups in total. The number of amides is 4. The molecule has 4 amide bonds. The summed E-state index contributed by atoms with van der Waals surface area (Å²) in [5, 5.41) is 14.2. The Balaban J connectivity index is 0.774. The van der Waals surface area contributed by atoms with Gasteiger partial charge in [0.05, 0.1) is 62.6 Å². The van der Waals surface area contributed by atoms with Crippen molar-refractivity contribution < 1.29 is 45.4 Å². The highest BCUT2D eigenvalue weighted by Crippen LogP contribution is 2.40. The molecule has 0 aliphatic carbocycles. The van der Waals surface area contributed by atoms with E-state index >= 15 is 0 Å². The fourth-order valence-corrected chi connectivity index (χ4v) is 12.3. The number of unbranched alkanes of at least 4 members (excludes halogenated alkanes) is 1. The van der Waals surface area contributed by atoms with E-state index in [0.29, 0.717) is 85.3 Å². The van der Waals surface area contributed by atoms with Crippen molar-refractivity contribution in [1.29, 1.82) is 0 Å². The summed E-state index contributed by atoms with van der Waals surface area (Å²) in [4.78, 5) is 35.2. The minimum Gasteiger partial charge on any atom is -0.378 e. The van der Waals surface area contributed by atoms with Crippen LogP contribution >= 0.6 is 46.4 Å². The number of fused-ring (bicyclic) bond motifs is 2. The number of likely N-dealkylation sites (N-methyl/N-ethyl adjacent to an activating group) is 2. The van der Waals surface area contributed by atoms with Crippen molar-refractivity contribution >= 4 is 90.4 Å². The van der Waals surface area contributed by atoms with Gasteiger partial charge in [-0.2, -0.15) is 9.98 Å². The number of nitrogens with one attached hydrogen (secondary N) is 6. The number of carbonyl (C=O) groups excluding carboxylic acids is 2. The average Bonchev–Trinajstić information content (AvgIpc) is 3.40. The molecule has 2 heterocycles. The predicted octanol–water partition coefficient (Wildman–Crippen LogP) is 4.79. The van der Waals surface area contributed by atoms with Crippen molar-refractivity contribution in [3.8, 4) is 0 Å². The van der Waals surface area contributed by atoms with Gasteiger partial charge in [-0.25, -0.2) is 35.9 Å². The molecule has 6 rings (SSSR count). The molecule has 4 aromatic carbocycles. The van der Waals surface area contributed by atoms with Crippen LogP contribution in [0.3, 0.4) is 0 Å². The quantitative estimate of drug-likeness (QED) is 0.0206. The second-order valence-corrected chi connectivity index (χ2v) is 24.0. The number of urea groups is 2. The monoisotopic (exact) mass is 1230 g/mol. The van der Waals surface area contributed by atoms with Gasteiger partial charge in [0.1, 0.15) is 0 Å². The highest BCUT2D eigenvalue weighted by molar-refractivity contribution is 7.89. The number of primary amides is 2. The van der Waals surface area contributed by atoms with Crippen molar-refractivity contribution in [2.24, 2.45) is 21.5 Å². The SMILES string of the molecule is CN1Cc2c(Cl)cc(Cl)cc2[C@@H](c2cccc(S(=O)(=O)NCCOCCOCCN/C(=N\C(N)=O)NCCCCN/C(=N/C(N)=O)NCCOCCOCCNS(=O)(=O)c3cccc([C@H]4CN(C)Cc5c(Cl)cc(Cl)cc54)c3)c2)C1. The number of nitrogens with two attached hydrogens (primary N) is 2. The predicted molar refractivity (Wildman–Crippen MR) is 311 cm³/mol. The van der Waals surface area contributed by atoms with Gasteiger partial charge in [0.15, 0.2) is 0 Å². The minimum absolute atomic E-state index is 0.0550. The maximum atomic E-state index is 13.2.